The Morgan fingerprint density at radius 3 is 2.40 bits per heavy atom. The van der Waals surface area contributed by atoms with Crippen molar-refractivity contribution in [2.24, 2.45) is 33.5 Å². The molecule has 5 N–H and O–H groups in total. The molecule has 11 atom stereocenters. The minimum atomic E-state index is -1.48. The number of rotatable bonds is 7. The Balaban J connectivity index is 1.46. The van der Waals surface area contributed by atoms with Gasteiger partial charge < -0.3 is 39.8 Å². The molecule has 3 aliphatic carbocycles. The molecule has 35 heavy (non-hydrogen) atoms. The van der Waals surface area contributed by atoms with Crippen molar-refractivity contribution in [3.8, 4) is 0 Å². The van der Waals surface area contributed by atoms with E-state index in [-0.39, 0.29) is 29.3 Å². The minimum Gasteiger partial charge on any atom is -0.481 e. The van der Waals surface area contributed by atoms with E-state index < -0.39 is 54.1 Å². The topological polar surface area (TPSA) is 154 Å². The van der Waals surface area contributed by atoms with E-state index >= 15 is 0 Å². The SMILES string of the molecule is CC1(CCOC2OC(CO)C(O)C(O)C2O)CCC2C(C=O)(CC3C(C)(C(=O)O)CCCC23C)C1. The number of aldehydes is 1. The number of carbonyl (C=O) groups is 2. The number of hydrogen-bond donors (Lipinski definition) is 5. The van der Waals surface area contributed by atoms with Gasteiger partial charge in [-0.2, -0.15) is 0 Å². The van der Waals surface area contributed by atoms with E-state index in [1.165, 1.54) is 0 Å². The molecule has 0 bridgehead atoms. The quantitative estimate of drug-likeness (QED) is 0.328. The van der Waals surface area contributed by atoms with Crippen LogP contribution < -0.4 is 0 Å². The zero-order valence-electron chi connectivity index (χ0n) is 21.1. The fraction of sp³-hybridized carbons (Fsp3) is 0.923. The van der Waals surface area contributed by atoms with E-state index in [4.69, 9.17) is 9.47 Å². The molecule has 0 aromatic heterocycles. The van der Waals surface area contributed by atoms with Gasteiger partial charge in [0.1, 0.15) is 30.7 Å². The first-order chi connectivity index (χ1) is 16.4. The maximum absolute atomic E-state index is 12.7. The summed E-state index contributed by atoms with van der Waals surface area (Å²) in [6, 6.07) is 0. The summed E-state index contributed by atoms with van der Waals surface area (Å²) in [6.45, 7) is 5.90. The minimum absolute atomic E-state index is 0.0378. The lowest BCUT2D eigenvalue weighted by Gasteiger charge is -2.52. The summed E-state index contributed by atoms with van der Waals surface area (Å²) in [5.74, 6) is -0.635. The summed E-state index contributed by atoms with van der Waals surface area (Å²) in [4.78, 5) is 25.0. The van der Waals surface area contributed by atoms with E-state index in [0.29, 0.717) is 25.7 Å². The van der Waals surface area contributed by atoms with E-state index in [1.54, 1.807) is 0 Å². The number of fused-ring (bicyclic) bond motifs is 3. The van der Waals surface area contributed by atoms with E-state index in [1.807, 2.05) is 6.92 Å². The van der Waals surface area contributed by atoms with Gasteiger partial charge in [0.05, 0.1) is 18.6 Å². The van der Waals surface area contributed by atoms with E-state index in [9.17, 15) is 35.1 Å². The Bertz CT molecular complexity index is 819. The smallest absolute Gasteiger partial charge is 0.309 e. The van der Waals surface area contributed by atoms with Gasteiger partial charge in [0.2, 0.25) is 0 Å². The highest BCUT2D eigenvalue weighted by Crippen LogP contribution is 2.72. The van der Waals surface area contributed by atoms with Crippen LogP contribution in [0.4, 0.5) is 0 Å². The zero-order chi connectivity index (χ0) is 25.8. The molecule has 0 aromatic rings. The Kier molecular flexibility index (Phi) is 7.18. The number of ether oxygens (including phenoxy) is 2. The molecule has 3 saturated carbocycles. The molecule has 0 radical (unpaired) electrons. The lowest BCUT2D eigenvalue weighted by atomic mass is 9.52. The van der Waals surface area contributed by atoms with Crippen molar-refractivity contribution >= 4 is 12.3 Å². The maximum atomic E-state index is 12.7. The number of carbonyl (C=O) groups excluding carboxylic acids is 1. The van der Waals surface area contributed by atoms with Crippen LogP contribution in [0.1, 0.15) is 72.1 Å². The normalized spacial score (nSPS) is 51.9. The van der Waals surface area contributed by atoms with Gasteiger partial charge >= 0.3 is 5.97 Å². The van der Waals surface area contributed by atoms with Crippen molar-refractivity contribution in [2.45, 2.75) is 103 Å². The number of carboxylic acid groups (broad SMARTS) is 1. The molecule has 1 saturated heterocycles. The molecule has 0 spiro atoms. The first kappa shape index (κ1) is 26.9. The third-order valence-electron chi connectivity index (χ3n) is 10.4. The predicted molar refractivity (Wildman–Crippen MR) is 124 cm³/mol. The lowest BCUT2D eigenvalue weighted by Crippen LogP contribution is -2.59. The molecule has 11 unspecified atom stereocenters. The van der Waals surface area contributed by atoms with E-state index in [0.717, 1.165) is 32.0 Å². The summed E-state index contributed by atoms with van der Waals surface area (Å²) in [5, 5.41) is 49.6. The van der Waals surface area contributed by atoms with Crippen LogP contribution >= 0.6 is 0 Å². The standard InChI is InChI=1S/C26H42O9/c1-23(9-10-34-21-20(31)19(30)18(29)15(12-27)35-21)8-5-16-24(2)6-4-7-25(3,22(32)33)17(24)11-26(16,13-23)14-28/h14-21,27,29-31H,4-13H2,1-3H3,(H,32,33). The summed E-state index contributed by atoms with van der Waals surface area (Å²) >= 11 is 0. The van der Waals surface area contributed by atoms with Crippen molar-refractivity contribution in [3.63, 3.8) is 0 Å². The van der Waals surface area contributed by atoms with Gasteiger partial charge in [-0.1, -0.05) is 20.3 Å². The largest absolute Gasteiger partial charge is 0.481 e. The maximum Gasteiger partial charge on any atom is 0.309 e. The molecule has 0 aromatic carbocycles. The second kappa shape index (κ2) is 9.33. The predicted octanol–water partition coefficient (Wildman–Crippen LogP) is 1.49. The fourth-order valence-electron chi connectivity index (χ4n) is 8.42. The first-order valence-corrected chi connectivity index (χ1v) is 13.0. The van der Waals surface area contributed by atoms with Gasteiger partial charge in [0.25, 0.3) is 0 Å². The Morgan fingerprint density at radius 1 is 1.06 bits per heavy atom. The molecule has 9 heteroatoms. The molecular formula is C26H42O9. The van der Waals surface area contributed by atoms with Crippen LogP contribution in [0.25, 0.3) is 0 Å². The lowest BCUT2D eigenvalue weighted by molar-refractivity contribution is -0.302. The van der Waals surface area contributed by atoms with Crippen molar-refractivity contribution in [2.75, 3.05) is 13.2 Å². The van der Waals surface area contributed by atoms with Crippen molar-refractivity contribution in [1.29, 1.82) is 0 Å². The second-order valence-electron chi connectivity index (χ2n) is 12.6. The molecular weight excluding hydrogens is 456 g/mol. The number of aliphatic hydroxyl groups excluding tert-OH is 4. The summed E-state index contributed by atoms with van der Waals surface area (Å²) < 4.78 is 11.2. The average molecular weight is 499 g/mol. The molecule has 200 valence electrons. The summed E-state index contributed by atoms with van der Waals surface area (Å²) in [5.41, 5.74) is -1.75. The highest BCUT2D eigenvalue weighted by Gasteiger charge is 2.68. The molecule has 9 nitrogen and oxygen atoms in total. The van der Waals surface area contributed by atoms with Crippen molar-refractivity contribution in [3.05, 3.63) is 0 Å². The van der Waals surface area contributed by atoms with Crippen LogP contribution in [0.2, 0.25) is 0 Å². The molecule has 1 heterocycles. The van der Waals surface area contributed by atoms with Crippen LogP contribution in [-0.2, 0) is 19.1 Å². The van der Waals surface area contributed by atoms with Gasteiger partial charge in [-0.15, -0.1) is 0 Å². The Hall–Kier alpha value is -1.10. The molecule has 4 rings (SSSR count). The van der Waals surface area contributed by atoms with Gasteiger partial charge in [0, 0.05) is 5.41 Å². The second-order valence-corrected chi connectivity index (χ2v) is 12.6. The van der Waals surface area contributed by atoms with Gasteiger partial charge in [-0.25, -0.2) is 0 Å². The third-order valence-corrected chi connectivity index (χ3v) is 10.4. The summed E-state index contributed by atoms with van der Waals surface area (Å²) in [6.07, 6.45) is 0.639. The number of hydrogen-bond acceptors (Lipinski definition) is 8. The van der Waals surface area contributed by atoms with Crippen LogP contribution in [-0.4, -0.2) is 81.7 Å². The Morgan fingerprint density at radius 2 is 1.77 bits per heavy atom. The summed E-state index contributed by atoms with van der Waals surface area (Å²) in [7, 11) is 0. The number of aliphatic hydroxyl groups is 4. The van der Waals surface area contributed by atoms with Crippen molar-refractivity contribution in [1.82, 2.24) is 0 Å². The number of aliphatic carboxylic acids is 1. The van der Waals surface area contributed by atoms with Crippen molar-refractivity contribution < 1.29 is 44.6 Å². The van der Waals surface area contributed by atoms with Gasteiger partial charge in [-0.3, -0.25) is 4.79 Å². The van der Waals surface area contributed by atoms with Crippen LogP contribution in [0.5, 0.6) is 0 Å². The highest BCUT2D eigenvalue weighted by molar-refractivity contribution is 5.75. The molecule has 4 aliphatic rings. The molecule has 0 amide bonds. The van der Waals surface area contributed by atoms with E-state index in [2.05, 4.69) is 13.8 Å². The van der Waals surface area contributed by atoms with Crippen LogP contribution in [0.15, 0.2) is 0 Å². The fourth-order valence-corrected chi connectivity index (χ4v) is 8.42. The number of carboxylic acids is 1. The van der Waals surface area contributed by atoms with Crippen LogP contribution in [0, 0.1) is 33.5 Å². The first-order valence-electron chi connectivity index (χ1n) is 13.0. The van der Waals surface area contributed by atoms with Gasteiger partial charge in [-0.05, 0) is 74.5 Å². The Labute approximate surface area is 206 Å². The average Bonchev–Trinajstić information content (AvgIpc) is 3.08. The zero-order valence-corrected chi connectivity index (χ0v) is 21.1. The van der Waals surface area contributed by atoms with Gasteiger partial charge in [0.15, 0.2) is 6.29 Å². The monoisotopic (exact) mass is 498 g/mol. The molecule has 4 fully saturated rings. The van der Waals surface area contributed by atoms with Crippen LogP contribution in [0.3, 0.4) is 0 Å². The molecule has 1 aliphatic heterocycles. The third kappa shape index (κ3) is 4.26. The highest BCUT2D eigenvalue weighted by atomic mass is 16.7.